The van der Waals surface area contributed by atoms with Gasteiger partial charge in [-0.25, -0.2) is 0 Å². The van der Waals surface area contributed by atoms with Crippen molar-refractivity contribution in [3.8, 4) is 0 Å². The third-order valence-corrected chi connectivity index (χ3v) is 4.92. The van der Waals surface area contributed by atoms with Gasteiger partial charge in [-0.15, -0.1) is 0 Å². The summed E-state index contributed by atoms with van der Waals surface area (Å²) in [4.78, 5) is 5.10. The van der Waals surface area contributed by atoms with Crippen LogP contribution in [0.5, 0.6) is 0 Å². The minimum atomic E-state index is -0.00318. The molecule has 0 aromatic rings. The lowest BCUT2D eigenvalue weighted by Crippen LogP contribution is -2.54. The van der Waals surface area contributed by atoms with Crippen LogP contribution in [0, 0.1) is 5.41 Å². The van der Waals surface area contributed by atoms with Crippen LogP contribution in [0.1, 0.15) is 33.1 Å². The van der Waals surface area contributed by atoms with Gasteiger partial charge < -0.3 is 14.7 Å². The molecule has 2 heterocycles. The molecule has 0 aliphatic carbocycles. The third kappa shape index (κ3) is 3.91. The number of ether oxygens (including phenoxy) is 1. The normalized spacial score (nSPS) is 32.4. The summed E-state index contributed by atoms with van der Waals surface area (Å²) in [5.74, 6) is 0. The van der Waals surface area contributed by atoms with E-state index in [0.29, 0.717) is 6.04 Å². The van der Waals surface area contributed by atoms with E-state index in [4.69, 9.17) is 4.74 Å². The van der Waals surface area contributed by atoms with Crippen molar-refractivity contribution >= 4 is 0 Å². The fourth-order valence-electron chi connectivity index (χ4n) is 3.30. The summed E-state index contributed by atoms with van der Waals surface area (Å²) in [5, 5.41) is 9.73. The quantitative estimate of drug-likeness (QED) is 0.814. The molecule has 2 aliphatic rings. The number of aliphatic hydroxyl groups is 1. The largest absolute Gasteiger partial charge is 0.396 e. The molecule has 4 nitrogen and oxygen atoms in total. The monoisotopic (exact) mass is 270 g/mol. The van der Waals surface area contributed by atoms with Gasteiger partial charge in [-0.05, 0) is 26.2 Å². The Kier molecular flexibility index (Phi) is 5.63. The van der Waals surface area contributed by atoms with Crippen molar-refractivity contribution in [2.45, 2.75) is 39.2 Å². The van der Waals surface area contributed by atoms with Gasteiger partial charge in [-0.1, -0.05) is 6.92 Å². The Morgan fingerprint density at radius 1 is 1.26 bits per heavy atom. The lowest BCUT2D eigenvalue weighted by Gasteiger charge is -2.43. The van der Waals surface area contributed by atoms with Gasteiger partial charge in [-0.3, -0.25) is 4.90 Å². The molecule has 0 bridgehead atoms. The summed E-state index contributed by atoms with van der Waals surface area (Å²) in [5.41, 5.74) is -0.00318. The number of hydrogen-bond donors (Lipinski definition) is 1. The standard InChI is InChI=1S/C15H30N2O2/c1-3-14(2)17-8-6-16(7-9-17)11-15(12-18)5-4-10-19-13-15/h14,18H,3-13H2,1-2H3. The van der Waals surface area contributed by atoms with E-state index < -0.39 is 0 Å². The Morgan fingerprint density at radius 3 is 2.53 bits per heavy atom. The average Bonchev–Trinajstić information content (AvgIpc) is 2.48. The lowest BCUT2D eigenvalue weighted by atomic mass is 9.82. The van der Waals surface area contributed by atoms with Crippen LogP contribution in [0.4, 0.5) is 0 Å². The molecule has 0 spiro atoms. The molecule has 2 saturated heterocycles. The Labute approximate surface area is 117 Å². The molecule has 2 rings (SSSR count). The van der Waals surface area contributed by atoms with Gasteiger partial charge in [0.2, 0.25) is 0 Å². The summed E-state index contributed by atoms with van der Waals surface area (Å²) in [6, 6.07) is 0.701. The van der Waals surface area contributed by atoms with Gasteiger partial charge >= 0.3 is 0 Å². The Morgan fingerprint density at radius 2 is 2.00 bits per heavy atom. The highest BCUT2D eigenvalue weighted by Gasteiger charge is 2.35. The number of aliphatic hydroxyl groups excluding tert-OH is 1. The van der Waals surface area contributed by atoms with Gasteiger partial charge in [-0.2, -0.15) is 0 Å². The zero-order valence-corrected chi connectivity index (χ0v) is 12.6. The molecule has 2 fully saturated rings. The highest BCUT2D eigenvalue weighted by atomic mass is 16.5. The topological polar surface area (TPSA) is 35.9 Å². The first-order valence-electron chi connectivity index (χ1n) is 7.84. The fourth-order valence-corrected chi connectivity index (χ4v) is 3.30. The molecule has 0 saturated carbocycles. The van der Waals surface area contributed by atoms with Crippen LogP contribution in [0.15, 0.2) is 0 Å². The summed E-state index contributed by atoms with van der Waals surface area (Å²) >= 11 is 0. The smallest absolute Gasteiger partial charge is 0.0556 e. The number of hydrogen-bond acceptors (Lipinski definition) is 4. The van der Waals surface area contributed by atoms with Gasteiger partial charge in [0.15, 0.2) is 0 Å². The van der Waals surface area contributed by atoms with Crippen molar-refractivity contribution in [1.82, 2.24) is 9.80 Å². The van der Waals surface area contributed by atoms with Crippen LogP contribution >= 0.6 is 0 Å². The van der Waals surface area contributed by atoms with Gasteiger partial charge in [0.1, 0.15) is 0 Å². The van der Waals surface area contributed by atoms with Crippen molar-refractivity contribution in [1.29, 1.82) is 0 Å². The SMILES string of the molecule is CCC(C)N1CCN(CC2(CO)CCCOC2)CC1. The van der Waals surface area contributed by atoms with Crippen LogP contribution in [0.25, 0.3) is 0 Å². The second-order valence-corrected chi connectivity index (χ2v) is 6.38. The molecule has 2 atom stereocenters. The Hall–Kier alpha value is -0.160. The van der Waals surface area contributed by atoms with Gasteiger partial charge in [0.25, 0.3) is 0 Å². The van der Waals surface area contributed by atoms with Crippen molar-refractivity contribution in [2.75, 3.05) is 52.5 Å². The zero-order valence-electron chi connectivity index (χ0n) is 12.6. The maximum atomic E-state index is 9.73. The van der Waals surface area contributed by atoms with E-state index in [1.165, 1.54) is 6.42 Å². The summed E-state index contributed by atoms with van der Waals surface area (Å²) < 4.78 is 5.60. The highest BCUT2D eigenvalue weighted by molar-refractivity contribution is 4.87. The molecule has 0 radical (unpaired) electrons. The molecule has 2 aliphatic heterocycles. The fraction of sp³-hybridized carbons (Fsp3) is 1.00. The highest BCUT2D eigenvalue weighted by Crippen LogP contribution is 2.29. The van der Waals surface area contributed by atoms with Crippen LogP contribution in [-0.2, 0) is 4.74 Å². The molecule has 112 valence electrons. The Bertz CT molecular complexity index is 259. The molecule has 2 unspecified atom stereocenters. The summed E-state index contributed by atoms with van der Waals surface area (Å²) in [6.45, 7) is 12.0. The van der Waals surface area contributed by atoms with Crippen molar-refractivity contribution in [3.05, 3.63) is 0 Å². The molecule has 0 aromatic carbocycles. The minimum Gasteiger partial charge on any atom is -0.396 e. The van der Waals surface area contributed by atoms with E-state index in [0.717, 1.165) is 58.8 Å². The molecular formula is C15H30N2O2. The van der Waals surface area contributed by atoms with Crippen LogP contribution in [0.3, 0.4) is 0 Å². The third-order valence-electron chi connectivity index (χ3n) is 4.92. The molecule has 1 N–H and O–H groups in total. The van der Waals surface area contributed by atoms with Crippen LogP contribution in [-0.4, -0.2) is 73.5 Å². The van der Waals surface area contributed by atoms with E-state index in [1.54, 1.807) is 0 Å². The second kappa shape index (κ2) is 7.02. The van der Waals surface area contributed by atoms with E-state index in [9.17, 15) is 5.11 Å². The average molecular weight is 270 g/mol. The zero-order chi connectivity index (χ0) is 13.7. The first-order valence-corrected chi connectivity index (χ1v) is 7.84. The molecule has 0 amide bonds. The van der Waals surface area contributed by atoms with Crippen molar-refractivity contribution in [3.63, 3.8) is 0 Å². The van der Waals surface area contributed by atoms with E-state index in [1.807, 2.05) is 0 Å². The number of nitrogens with zero attached hydrogens (tertiary/aromatic N) is 2. The van der Waals surface area contributed by atoms with E-state index >= 15 is 0 Å². The summed E-state index contributed by atoms with van der Waals surface area (Å²) in [7, 11) is 0. The molecule has 4 heteroatoms. The van der Waals surface area contributed by atoms with Crippen LogP contribution < -0.4 is 0 Å². The molecule has 19 heavy (non-hydrogen) atoms. The van der Waals surface area contributed by atoms with Gasteiger partial charge in [0.05, 0.1) is 13.2 Å². The molecule has 0 aromatic heterocycles. The number of piperazine rings is 1. The first kappa shape index (κ1) is 15.2. The van der Waals surface area contributed by atoms with Crippen molar-refractivity contribution < 1.29 is 9.84 Å². The maximum absolute atomic E-state index is 9.73. The van der Waals surface area contributed by atoms with E-state index in [-0.39, 0.29) is 12.0 Å². The van der Waals surface area contributed by atoms with E-state index in [2.05, 4.69) is 23.6 Å². The Balaban J connectivity index is 1.81. The summed E-state index contributed by atoms with van der Waals surface area (Å²) in [6.07, 6.45) is 3.43. The maximum Gasteiger partial charge on any atom is 0.0556 e. The van der Waals surface area contributed by atoms with Crippen molar-refractivity contribution in [2.24, 2.45) is 5.41 Å². The first-order chi connectivity index (χ1) is 9.19. The minimum absolute atomic E-state index is 0.00318. The molecular weight excluding hydrogens is 240 g/mol. The van der Waals surface area contributed by atoms with Crippen LogP contribution in [0.2, 0.25) is 0 Å². The second-order valence-electron chi connectivity index (χ2n) is 6.38. The predicted octanol–water partition coefficient (Wildman–Crippen LogP) is 1.19. The lowest BCUT2D eigenvalue weighted by molar-refractivity contribution is -0.0615. The number of rotatable bonds is 5. The predicted molar refractivity (Wildman–Crippen MR) is 77.3 cm³/mol. The van der Waals surface area contributed by atoms with Gasteiger partial charge in [0, 0.05) is 50.8 Å².